The smallest absolute Gasteiger partial charge is 0.395 e. The Morgan fingerprint density at radius 3 is 2.55 bits per heavy atom. The Bertz CT molecular complexity index is 1400. The zero-order chi connectivity index (χ0) is 27.1. The van der Waals surface area contributed by atoms with Gasteiger partial charge in [0.2, 0.25) is 5.91 Å². The molecule has 2 aliphatic rings. The molecule has 2 heterocycles. The van der Waals surface area contributed by atoms with Gasteiger partial charge in [-0.25, -0.2) is 4.98 Å². The van der Waals surface area contributed by atoms with Crippen LogP contribution < -0.4 is 20.1 Å². The minimum absolute atomic E-state index is 0.0596. The minimum atomic E-state index is -3.71. The molecule has 0 bridgehead atoms. The largest absolute Gasteiger partial charge is 0.586 e. The van der Waals surface area contributed by atoms with Crippen LogP contribution in [0.2, 0.25) is 0 Å². The molecule has 1 aromatic heterocycles. The van der Waals surface area contributed by atoms with Crippen molar-refractivity contribution in [2.24, 2.45) is 5.92 Å². The van der Waals surface area contributed by atoms with Crippen LogP contribution in [0.5, 0.6) is 11.5 Å². The van der Waals surface area contributed by atoms with Crippen molar-refractivity contribution in [2.75, 3.05) is 11.9 Å². The zero-order valence-corrected chi connectivity index (χ0v) is 21.4. The van der Waals surface area contributed by atoms with Crippen LogP contribution in [-0.2, 0) is 10.2 Å². The molecule has 3 aromatic rings. The molecule has 38 heavy (non-hydrogen) atoms. The van der Waals surface area contributed by atoms with Gasteiger partial charge in [-0.3, -0.25) is 9.59 Å². The first-order valence-electron chi connectivity index (χ1n) is 12.7. The lowest BCUT2D eigenvalue weighted by atomic mass is 9.94. The molecule has 1 saturated carbocycles. The Morgan fingerprint density at radius 2 is 1.82 bits per heavy atom. The highest BCUT2D eigenvalue weighted by atomic mass is 19.3. The Hall–Kier alpha value is -4.01. The number of anilines is 1. The summed E-state index contributed by atoms with van der Waals surface area (Å²) in [6.45, 7) is 6.68. The third-order valence-corrected chi connectivity index (χ3v) is 7.18. The second-order valence-electron chi connectivity index (χ2n) is 10.0. The number of nitrogens with zero attached hydrogens (tertiary/aromatic N) is 1. The van der Waals surface area contributed by atoms with Crippen LogP contribution in [0.15, 0.2) is 54.6 Å². The molecule has 0 radical (unpaired) electrons. The molecule has 2 aromatic carbocycles. The maximum Gasteiger partial charge on any atom is 0.586 e. The van der Waals surface area contributed by atoms with Crippen molar-refractivity contribution in [1.82, 2.24) is 10.3 Å². The SMILES string of the molecule is CCC(C)CNC(=O)c1cccc(-c2nc(NC(=O)C3(c4ccc5c(c4)OC(F)(F)O5)CC3)ccc2C)c1. The van der Waals surface area contributed by atoms with Crippen LogP contribution in [0.3, 0.4) is 0 Å². The van der Waals surface area contributed by atoms with Crippen LogP contribution in [0.4, 0.5) is 14.6 Å². The van der Waals surface area contributed by atoms with E-state index in [9.17, 15) is 18.4 Å². The van der Waals surface area contributed by atoms with E-state index in [0.29, 0.717) is 47.9 Å². The first-order chi connectivity index (χ1) is 18.1. The van der Waals surface area contributed by atoms with Crippen molar-refractivity contribution < 1.29 is 27.8 Å². The van der Waals surface area contributed by atoms with Crippen molar-refractivity contribution in [1.29, 1.82) is 0 Å². The summed E-state index contributed by atoms with van der Waals surface area (Å²) >= 11 is 0. The lowest BCUT2D eigenvalue weighted by molar-refractivity contribution is -0.286. The first-order valence-corrected chi connectivity index (χ1v) is 12.7. The van der Waals surface area contributed by atoms with Crippen LogP contribution in [0.25, 0.3) is 11.3 Å². The molecule has 2 N–H and O–H groups in total. The van der Waals surface area contributed by atoms with Crippen LogP contribution in [0.1, 0.15) is 54.6 Å². The summed E-state index contributed by atoms with van der Waals surface area (Å²) in [7, 11) is 0. The van der Waals surface area contributed by atoms with Gasteiger partial charge in [-0.2, -0.15) is 0 Å². The van der Waals surface area contributed by atoms with Crippen molar-refractivity contribution in [2.45, 2.75) is 51.7 Å². The van der Waals surface area contributed by atoms with Crippen molar-refractivity contribution >= 4 is 17.6 Å². The molecule has 1 aliphatic heterocycles. The number of aromatic nitrogens is 1. The van der Waals surface area contributed by atoms with Crippen molar-refractivity contribution in [3.63, 3.8) is 0 Å². The second kappa shape index (κ2) is 9.70. The van der Waals surface area contributed by atoms with Gasteiger partial charge in [0.05, 0.1) is 11.1 Å². The number of hydrogen-bond donors (Lipinski definition) is 2. The number of hydrogen-bond acceptors (Lipinski definition) is 5. The average Bonchev–Trinajstić information content (AvgIpc) is 3.65. The highest BCUT2D eigenvalue weighted by Crippen LogP contribution is 2.52. The highest BCUT2D eigenvalue weighted by Gasteiger charge is 2.53. The molecule has 5 rings (SSSR count). The van der Waals surface area contributed by atoms with Gasteiger partial charge in [0.25, 0.3) is 5.91 Å². The van der Waals surface area contributed by atoms with E-state index in [4.69, 9.17) is 0 Å². The molecule has 2 amide bonds. The molecule has 7 nitrogen and oxygen atoms in total. The van der Waals surface area contributed by atoms with E-state index in [1.165, 1.54) is 12.1 Å². The summed E-state index contributed by atoms with van der Waals surface area (Å²) in [5, 5.41) is 5.86. The van der Waals surface area contributed by atoms with E-state index in [1.807, 2.05) is 25.1 Å². The van der Waals surface area contributed by atoms with Crippen LogP contribution in [-0.4, -0.2) is 29.6 Å². The number of halogens is 2. The fourth-order valence-corrected chi connectivity index (χ4v) is 4.47. The van der Waals surface area contributed by atoms with Gasteiger partial charge >= 0.3 is 6.29 Å². The van der Waals surface area contributed by atoms with E-state index < -0.39 is 11.7 Å². The third-order valence-electron chi connectivity index (χ3n) is 7.18. The quantitative estimate of drug-likeness (QED) is 0.390. The minimum Gasteiger partial charge on any atom is -0.395 e. The molecule has 1 atom stereocenters. The van der Waals surface area contributed by atoms with Gasteiger partial charge in [-0.05, 0) is 67.1 Å². The summed E-state index contributed by atoms with van der Waals surface area (Å²) in [6.07, 6.45) is -1.59. The van der Waals surface area contributed by atoms with E-state index in [0.717, 1.165) is 17.5 Å². The fraction of sp³-hybridized carbons (Fsp3) is 0.345. The number of aryl methyl sites for hydroxylation is 1. The number of fused-ring (bicyclic) bond motifs is 1. The fourth-order valence-electron chi connectivity index (χ4n) is 4.47. The molecule has 0 saturated heterocycles. The maximum atomic E-state index is 13.4. The van der Waals surface area contributed by atoms with Gasteiger partial charge < -0.3 is 20.1 Å². The summed E-state index contributed by atoms with van der Waals surface area (Å²) in [6, 6.07) is 15.3. The highest BCUT2D eigenvalue weighted by molar-refractivity contribution is 6.01. The molecule has 0 spiro atoms. The monoisotopic (exact) mass is 521 g/mol. The predicted octanol–water partition coefficient (Wildman–Crippen LogP) is 5.82. The van der Waals surface area contributed by atoms with Crippen molar-refractivity contribution in [3.05, 3.63) is 71.3 Å². The molecule has 1 fully saturated rings. The number of carbonyl (C=O) groups is 2. The van der Waals surface area contributed by atoms with E-state index in [1.54, 1.807) is 24.3 Å². The number of ether oxygens (including phenoxy) is 2. The normalized spacial score (nSPS) is 17.0. The number of nitrogens with one attached hydrogen (secondary N) is 2. The number of rotatable bonds is 8. The summed E-state index contributed by atoms with van der Waals surface area (Å²) in [4.78, 5) is 30.7. The predicted molar refractivity (Wildman–Crippen MR) is 138 cm³/mol. The summed E-state index contributed by atoms with van der Waals surface area (Å²) in [5.74, 6) is 0.182. The Labute approximate surface area is 219 Å². The molecule has 1 aliphatic carbocycles. The number of alkyl halides is 2. The van der Waals surface area contributed by atoms with Gasteiger partial charge in [0.1, 0.15) is 5.82 Å². The van der Waals surface area contributed by atoms with Gasteiger partial charge in [-0.1, -0.05) is 44.5 Å². The number of benzene rings is 2. The van der Waals surface area contributed by atoms with Gasteiger partial charge in [0.15, 0.2) is 11.5 Å². The van der Waals surface area contributed by atoms with Gasteiger partial charge in [0, 0.05) is 17.7 Å². The third kappa shape index (κ3) is 5.05. The molecule has 1 unspecified atom stereocenters. The van der Waals surface area contributed by atoms with Crippen molar-refractivity contribution in [3.8, 4) is 22.8 Å². The van der Waals surface area contributed by atoms with E-state index in [-0.39, 0.29) is 23.3 Å². The Morgan fingerprint density at radius 1 is 1.05 bits per heavy atom. The zero-order valence-electron chi connectivity index (χ0n) is 21.4. The summed E-state index contributed by atoms with van der Waals surface area (Å²) in [5.41, 5.74) is 2.56. The van der Waals surface area contributed by atoms with Crippen LogP contribution >= 0.6 is 0 Å². The van der Waals surface area contributed by atoms with Gasteiger partial charge in [-0.15, -0.1) is 8.78 Å². The van der Waals surface area contributed by atoms with Crippen LogP contribution in [0, 0.1) is 12.8 Å². The first kappa shape index (κ1) is 25.6. The number of carbonyl (C=O) groups excluding carboxylic acids is 2. The topological polar surface area (TPSA) is 89.6 Å². The molecule has 9 heteroatoms. The molecule has 198 valence electrons. The second-order valence-corrected chi connectivity index (χ2v) is 10.0. The Balaban J connectivity index is 1.34. The lowest BCUT2D eigenvalue weighted by Crippen LogP contribution is -2.28. The Kier molecular flexibility index (Phi) is 6.54. The average molecular weight is 522 g/mol. The standard InChI is InChI=1S/C29H29F2N3O4/c1-4-17(2)16-32-26(35)20-7-5-6-19(14-20)25-18(3)8-11-24(33-25)34-27(36)28(12-13-28)21-9-10-22-23(15-21)38-29(30,31)37-22/h5-11,14-15,17H,4,12-13,16H2,1-3H3,(H,32,35)(H,33,34,36). The maximum absolute atomic E-state index is 13.4. The molecular formula is C29H29F2N3O4. The summed E-state index contributed by atoms with van der Waals surface area (Å²) < 4.78 is 35.9. The number of amides is 2. The number of pyridine rings is 1. The van der Waals surface area contributed by atoms with E-state index >= 15 is 0 Å². The molecular weight excluding hydrogens is 492 g/mol. The van der Waals surface area contributed by atoms with E-state index in [2.05, 4.69) is 38.9 Å². The lowest BCUT2D eigenvalue weighted by Gasteiger charge is -2.17.